The van der Waals surface area contributed by atoms with Crippen LogP contribution in [0.2, 0.25) is 0 Å². The molecular weight excluding hydrogens is 258 g/mol. The van der Waals surface area contributed by atoms with Crippen LogP contribution in [0.25, 0.3) is 0 Å². The van der Waals surface area contributed by atoms with Crippen molar-refractivity contribution < 1.29 is 0 Å². The van der Waals surface area contributed by atoms with Gasteiger partial charge in [0.2, 0.25) is 0 Å². The molecule has 0 N–H and O–H groups in total. The summed E-state index contributed by atoms with van der Waals surface area (Å²) in [6.45, 7) is 2.07. The van der Waals surface area contributed by atoms with Crippen molar-refractivity contribution in [2.24, 2.45) is 0 Å². The maximum Gasteiger partial charge on any atom is 0.110 e. The maximum atomic E-state index is 4.09. The molecule has 0 amide bonds. The van der Waals surface area contributed by atoms with Gasteiger partial charge in [-0.2, -0.15) is 0 Å². The molecule has 0 aliphatic carbocycles. The molecule has 0 spiro atoms. The zero-order valence-electron chi connectivity index (χ0n) is 5.51. The zero-order valence-corrected chi connectivity index (χ0v) is 8.68. The minimum absolute atomic E-state index is 0.357. The molecule has 54 valence electrons. The van der Waals surface area contributed by atoms with Crippen molar-refractivity contribution in [2.75, 3.05) is 0 Å². The fourth-order valence-corrected chi connectivity index (χ4v) is 1.97. The highest BCUT2D eigenvalue weighted by atomic mass is 79.9. The number of alkyl halides is 1. The van der Waals surface area contributed by atoms with E-state index in [4.69, 9.17) is 0 Å². The summed E-state index contributed by atoms with van der Waals surface area (Å²) in [5.74, 6) is 0. The summed E-state index contributed by atoms with van der Waals surface area (Å²) in [5.41, 5.74) is 1.18. The number of hydrogen-bond acceptors (Lipinski definition) is 1. The molecule has 0 saturated heterocycles. The molecule has 0 saturated carbocycles. The van der Waals surface area contributed by atoms with Crippen LogP contribution in [-0.2, 0) is 0 Å². The van der Waals surface area contributed by atoms with Crippen LogP contribution in [0.4, 0.5) is 0 Å². The van der Waals surface area contributed by atoms with Crippen molar-refractivity contribution >= 4 is 31.9 Å². The van der Waals surface area contributed by atoms with Gasteiger partial charge in [0.15, 0.2) is 0 Å². The van der Waals surface area contributed by atoms with Gasteiger partial charge in [0, 0.05) is 11.0 Å². The van der Waals surface area contributed by atoms with Crippen molar-refractivity contribution in [2.45, 2.75) is 11.8 Å². The average Bonchev–Trinajstić information content (AvgIpc) is 1.88. The largest absolute Gasteiger partial charge is 0.249 e. The normalized spacial score (nSPS) is 13.1. The molecule has 0 aliphatic heterocycles. The van der Waals surface area contributed by atoms with Crippen LogP contribution in [0.5, 0.6) is 0 Å². The Morgan fingerprint density at radius 2 is 2.30 bits per heavy atom. The van der Waals surface area contributed by atoms with Crippen LogP contribution in [-0.4, -0.2) is 4.98 Å². The molecular formula is C7H7Br2N. The first-order valence-corrected chi connectivity index (χ1v) is 4.67. The number of rotatable bonds is 1. The Balaban J connectivity index is 3.03. The van der Waals surface area contributed by atoms with Crippen LogP contribution in [0.15, 0.2) is 22.9 Å². The summed E-state index contributed by atoms with van der Waals surface area (Å²) in [5, 5.41) is 0. The van der Waals surface area contributed by atoms with Gasteiger partial charge in [-0.3, -0.25) is 0 Å². The second kappa shape index (κ2) is 3.49. The number of nitrogens with zero attached hydrogens (tertiary/aromatic N) is 1. The second-order valence-electron chi connectivity index (χ2n) is 2.00. The van der Waals surface area contributed by atoms with Crippen LogP contribution in [0.1, 0.15) is 17.3 Å². The van der Waals surface area contributed by atoms with E-state index in [1.807, 2.05) is 12.1 Å². The standard InChI is InChI=1S/C7H7Br2N/c1-5(8)6-3-2-4-10-7(6)9/h2-5H,1H3. The smallest absolute Gasteiger partial charge is 0.110 e. The quantitative estimate of drug-likeness (QED) is 0.560. The molecule has 3 heteroatoms. The Labute approximate surface area is 77.1 Å². The predicted octanol–water partition coefficient (Wildman–Crippen LogP) is 3.30. The van der Waals surface area contributed by atoms with Gasteiger partial charge in [-0.05, 0) is 34.5 Å². The predicted molar refractivity (Wildman–Crippen MR) is 49.3 cm³/mol. The highest BCUT2D eigenvalue weighted by molar-refractivity contribution is 9.10. The molecule has 1 aromatic heterocycles. The monoisotopic (exact) mass is 263 g/mol. The first kappa shape index (κ1) is 8.21. The van der Waals surface area contributed by atoms with Gasteiger partial charge in [-0.25, -0.2) is 4.98 Å². The summed E-state index contributed by atoms with van der Waals surface area (Å²) in [6, 6.07) is 3.97. The Hall–Kier alpha value is 0.110. The molecule has 10 heavy (non-hydrogen) atoms. The summed E-state index contributed by atoms with van der Waals surface area (Å²) >= 11 is 6.82. The van der Waals surface area contributed by atoms with Gasteiger partial charge in [-0.1, -0.05) is 22.0 Å². The Morgan fingerprint density at radius 3 is 2.70 bits per heavy atom. The third-order valence-corrected chi connectivity index (χ3v) is 2.37. The van der Waals surface area contributed by atoms with E-state index in [-0.39, 0.29) is 0 Å². The molecule has 0 radical (unpaired) electrons. The van der Waals surface area contributed by atoms with E-state index in [1.165, 1.54) is 5.56 Å². The van der Waals surface area contributed by atoms with E-state index >= 15 is 0 Å². The molecule has 1 nitrogen and oxygen atoms in total. The fraction of sp³-hybridized carbons (Fsp3) is 0.286. The molecule has 0 bridgehead atoms. The Kier molecular flexibility index (Phi) is 2.86. The first-order valence-electron chi connectivity index (χ1n) is 2.96. The third-order valence-electron chi connectivity index (χ3n) is 1.22. The molecule has 1 unspecified atom stereocenters. The summed E-state index contributed by atoms with van der Waals surface area (Å²) < 4.78 is 0.916. The van der Waals surface area contributed by atoms with Gasteiger partial charge in [0.05, 0.1) is 0 Å². The third kappa shape index (κ3) is 1.80. The molecule has 1 atom stereocenters. The lowest BCUT2D eigenvalue weighted by atomic mass is 10.2. The number of halogens is 2. The molecule has 0 fully saturated rings. The van der Waals surface area contributed by atoms with Crippen molar-refractivity contribution in [1.82, 2.24) is 4.98 Å². The zero-order chi connectivity index (χ0) is 7.56. The lowest BCUT2D eigenvalue weighted by Crippen LogP contribution is -1.86. The van der Waals surface area contributed by atoms with Crippen molar-refractivity contribution in [3.8, 4) is 0 Å². The Bertz CT molecular complexity index is 223. The lowest BCUT2D eigenvalue weighted by molar-refractivity contribution is 1.07. The van der Waals surface area contributed by atoms with Gasteiger partial charge in [0.25, 0.3) is 0 Å². The molecule has 1 aromatic rings. The lowest BCUT2D eigenvalue weighted by Gasteiger charge is -2.03. The molecule has 0 aromatic carbocycles. The van der Waals surface area contributed by atoms with Crippen LogP contribution < -0.4 is 0 Å². The summed E-state index contributed by atoms with van der Waals surface area (Å²) in [4.78, 5) is 4.44. The number of aromatic nitrogens is 1. The van der Waals surface area contributed by atoms with Crippen molar-refractivity contribution in [1.29, 1.82) is 0 Å². The van der Waals surface area contributed by atoms with E-state index < -0.39 is 0 Å². The van der Waals surface area contributed by atoms with Crippen LogP contribution in [0.3, 0.4) is 0 Å². The minimum Gasteiger partial charge on any atom is -0.249 e. The van der Waals surface area contributed by atoms with Gasteiger partial charge in [-0.15, -0.1) is 0 Å². The Morgan fingerprint density at radius 1 is 1.60 bits per heavy atom. The van der Waals surface area contributed by atoms with E-state index in [2.05, 4.69) is 43.8 Å². The van der Waals surface area contributed by atoms with Crippen molar-refractivity contribution in [3.63, 3.8) is 0 Å². The summed E-state index contributed by atoms with van der Waals surface area (Å²) in [6.07, 6.45) is 1.77. The summed E-state index contributed by atoms with van der Waals surface area (Å²) in [7, 11) is 0. The highest BCUT2D eigenvalue weighted by Gasteiger charge is 2.03. The highest BCUT2D eigenvalue weighted by Crippen LogP contribution is 2.26. The first-order chi connectivity index (χ1) is 4.72. The van der Waals surface area contributed by atoms with Gasteiger partial charge >= 0.3 is 0 Å². The van der Waals surface area contributed by atoms with E-state index in [0.29, 0.717) is 4.83 Å². The van der Waals surface area contributed by atoms with E-state index in [0.717, 1.165) is 4.60 Å². The number of hydrogen-bond donors (Lipinski definition) is 0. The SMILES string of the molecule is CC(Br)c1cccnc1Br. The van der Waals surface area contributed by atoms with Crippen molar-refractivity contribution in [3.05, 3.63) is 28.5 Å². The molecule has 1 heterocycles. The van der Waals surface area contributed by atoms with Crippen LogP contribution in [0, 0.1) is 0 Å². The number of pyridine rings is 1. The van der Waals surface area contributed by atoms with Gasteiger partial charge in [0.1, 0.15) is 4.60 Å². The minimum atomic E-state index is 0.357. The second-order valence-corrected chi connectivity index (χ2v) is 4.12. The van der Waals surface area contributed by atoms with E-state index in [9.17, 15) is 0 Å². The van der Waals surface area contributed by atoms with Gasteiger partial charge < -0.3 is 0 Å². The fourth-order valence-electron chi connectivity index (χ4n) is 0.695. The molecule has 0 aliphatic rings. The maximum absolute atomic E-state index is 4.09. The average molecular weight is 265 g/mol. The topological polar surface area (TPSA) is 12.9 Å². The van der Waals surface area contributed by atoms with E-state index in [1.54, 1.807) is 6.20 Å². The van der Waals surface area contributed by atoms with Crippen LogP contribution >= 0.6 is 31.9 Å². The molecule has 1 rings (SSSR count).